The molecule has 0 aliphatic carbocycles. The number of halogens is 2. The second-order valence-electron chi connectivity index (χ2n) is 3.26. The first kappa shape index (κ1) is 12.4. The Morgan fingerprint density at radius 2 is 2.33 bits per heavy atom. The van der Waals surface area contributed by atoms with Gasteiger partial charge in [0.1, 0.15) is 5.82 Å². The van der Waals surface area contributed by atoms with Gasteiger partial charge in [0.05, 0.1) is 6.61 Å². The van der Waals surface area contributed by atoms with Crippen molar-refractivity contribution in [2.45, 2.75) is 12.5 Å². The summed E-state index contributed by atoms with van der Waals surface area (Å²) in [5, 5.41) is 0.535. The molecule has 84 valence electrons. The Bertz CT molecular complexity index is 322. The van der Waals surface area contributed by atoms with Crippen LogP contribution >= 0.6 is 11.6 Å². The van der Waals surface area contributed by atoms with E-state index < -0.39 is 0 Å². The maximum absolute atomic E-state index is 12.9. The average molecular weight is 233 g/mol. The lowest BCUT2D eigenvalue weighted by Crippen LogP contribution is -2.40. The van der Waals surface area contributed by atoms with Gasteiger partial charge in [-0.25, -0.2) is 4.39 Å². The summed E-state index contributed by atoms with van der Waals surface area (Å²) in [6.07, 6.45) is 0.529. The number of nitrogens with two attached hydrogens (primary N) is 1. The van der Waals surface area contributed by atoms with Crippen molar-refractivity contribution in [1.29, 1.82) is 0 Å². The van der Waals surface area contributed by atoms with E-state index in [0.29, 0.717) is 18.1 Å². The molecule has 1 atom stereocenters. The molecule has 0 spiro atoms. The largest absolute Gasteiger partial charge is 0.383 e. The third-order valence-corrected chi connectivity index (χ3v) is 2.45. The number of rotatable bonds is 5. The van der Waals surface area contributed by atoms with Crippen LogP contribution < -0.4 is 11.3 Å². The summed E-state index contributed by atoms with van der Waals surface area (Å²) < 4.78 is 17.9. The normalized spacial score (nSPS) is 12.8. The molecule has 0 aliphatic rings. The van der Waals surface area contributed by atoms with Crippen LogP contribution in [-0.4, -0.2) is 19.8 Å². The van der Waals surface area contributed by atoms with Gasteiger partial charge in [-0.3, -0.25) is 11.3 Å². The Hall–Kier alpha value is -0.680. The minimum Gasteiger partial charge on any atom is -0.383 e. The van der Waals surface area contributed by atoms with E-state index in [9.17, 15) is 4.39 Å². The summed E-state index contributed by atoms with van der Waals surface area (Å²) in [4.78, 5) is 0. The topological polar surface area (TPSA) is 47.3 Å². The summed E-state index contributed by atoms with van der Waals surface area (Å²) in [5.74, 6) is 5.02. The molecule has 1 aromatic carbocycles. The van der Waals surface area contributed by atoms with Crippen LogP contribution in [0.2, 0.25) is 5.02 Å². The van der Waals surface area contributed by atoms with Gasteiger partial charge in [0.2, 0.25) is 0 Å². The smallest absolute Gasteiger partial charge is 0.123 e. The molecule has 0 saturated heterocycles. The zero-order valence-corrected chi connectivity index (χ0v) is 9.22. The Morgan fingerprint density at radius 3 is 2.93 bits per heavy atom. The van der Waals surface area contributed by atoms with Crippen LogP contribution in [0.15, 0.2) is 18.2 Å². The summed E-state index contributed by atoms with van der Waals surface area (Å²) in [6.45, 7) is 0.448. The lowest BCUT2D eigenvalue weighted by molar-refractivity contribution is 0.166. The fourth-order valence-corrected chi connectivity index (χ4v) is 1.53. The summed E-state index contributed by atoms with van der Waals surface area (Å²) in [5.41, 5.74) is 3.31. The first-order valence-corrected chi connectivity index (χ1v) is 4.94. The maximum Gasteiger partial charge on any atom is 0.123 e. The van der Waals surface area contributed by atoms with E-state index in [1.165, 1.54) is 18.2 Å². The second kappa shape index (κ2) is 6.02. The Kier molecular flexibility index (Phi) is 4.98. The Balaban J connectivity index is 2.73. The molecular formula is C10H14ClFN2O. The lowest BCUT2D eigenvalue weighted by atomic mass is 10.1. The Morgan fingerprint density at radius 1 is 1.60 bits per heavy atom. The lowest BCUT2D eigenvalue weighted by Gasteiger charge is -2.15. The minimum atomic E-state index is -0.303. The highest BCUT2D eigenvalue weighted by Crippen LogP contribution is 2.18. The molecule has 5 heteroatoms. The van der Waals surface area contributed by atoms with Gasteiger partial charge in [-0.15, -0.1) is 0 Å². The highest BCUT2D eigenvalue weighted by molar-refractivity contribution is 6.31. The molecule has 3 N–H and O–H groups in total. The van der Waals surface area contributed by atoms with Crippen molar-refractivity contribution < 1.29 is 9.13 Å². The van der Waals surface area contributed by atoms with Crippen LogP contribution in [0.1, 0.15) is 5.56 Å². The number of nitrogens with one attached hydrogen (secondary N) is 1. The van der Waals surface area contributed by atoms with Crippen LogP contribution in [0.5, 0.6) is 0 Å². The van der Waals surface area contributed by atoms with Crippen LogP contribution in [0.25, 0.3) is 0 Å². The SMILES string of the molecule is COCC(Cc1cc(F)ccc1Cl)NN. The van der Waals surface area contributed by atoms with E-state index in [1.54, 1.807) is 7.11 Å². The first-order valence-electron chi connectivity index (χ1n) is 4.56. The molecule has 0 amide bonds. The standard InChI is InChI=1S/C10H14ClFN2O/c1-15-6-9(14-13)5-7-4-8(12)2-3-10(7)11/h2-4,9,14H,5-6,13H2,1H3. The van der Waals surface area contributed by atoms with Crippen molar-refractivity contribution >= 4 is 11.6 Å². The average Bonchev–Trinajstić information content (AvgIpc) is 2.22. The molecular weight excluding hydrogens is 219 g/mol. The van der Waals surface area contributed by atoms with E-state index >= 15 is 0 Å². The highest BCUT2D eigenvalue weighted by Gasteiger charge is 2.10. The van der Waals surface area contributed by atoms with Crippen molar-refractivity contribution in [2.24, 2.45) is 5.84 Å². The van der Waals surface area contributed by atoms with Crippen molar-refractivity contribution in [3.05, 3.63) is 34.6 Å². The molecule has 0 saturated carbocycles. The maximum atomic E-state index is 12.9. The van der Waals surface area contributed by atoms with Crippen LogP contribution in [0.3, 0.4) is 0 Å². The number of methoxy groups -OCH3 is 1. The van der Waals surface area contributed by atoms with Gasteiger partial charge < -0.3 is 4.74 Å². The van der Waals surface area contributed by atoms with Gasteiger partial charge in [0, 0.05) is 18.2 Å². The molecule has 1 rings (SSSR count). The van der Waals surface area contributed by atoms with Crippen LogP contribution in [-0.2, 0) is 11.2 Å². The van der Waals surface area contributed by atoms with Crippen molar-refractivity contribution in [3.63, 3.8) is 0 Å². The van der Waals surface area contributed by atoms with E-state index in [1.807, 2.05) is 0 Å². The third kappa shape index (κ3) is 3.76. The summed E-state index contributed by atoms with van der Waals surface area (Å²) >= 11 is 5.92. The molecule has 0 fully saturated rings. The molecule has 1 unspecified atom stereocenters. The van der Waals surface area contributed by atoms with E-state index in [2.05, 4.69) is 5.43 Å². The fraction of sp³-hybridized carbons (Fsp3) is 0.400. The number of benzene rings is 1. The van der Waals surface area contributed by atoms with E-state index in [-0.39, 0.29) is 11.9 Å². The van der Waals surface area contributed by atoms with E-state index in [4.69, 9.17) is 22.2 Å². The second-order valence-corrected chi connectivity index (χ2v) is 3.67. The molecule has 3 nitrogen and oxygen atoms in total. The number of hydrogen-bond acceptors (Lipinski definition) is 3. The summed E-state index contributed by atoms with van der Waals surface area (Å²) in [7, 11) is 1.58. The molecule has 0 aromatic heterocycles. The fourth-order valence-electron chi connectivity index (χ4n) is 1.33. The third-order valence-electron chi connectivity index (χ3n) is 2.08. The molecule has 0 aliphatic heterocycles. The Labute approximate surface area is 93.3 Å². The number of hydrazine groups is 1. The van der Waals surface area contributed by atoms with Crippen molar-refractivity contribution in [1.82, 2.24) is 5.43 Å². The van der Waals surface area contributed by atoms with Gasteiger partial charge in [-0.2, -0.15) is 0 Å². The molecule has 15 heavy (non-hydrogen) atoms. The number of ether oxygens (including phenoxy) is 1. The monoisotopic (exact) mass is 232 g/mol. The zero-order chi connectivity index (χ0) is 11.3. The van der Waals surface area contributed by atoms with Gasteiger partial charge in [0.15, 0.2) is 0 Å². The predicted octanol–water partition coefficient (Wildman–Crippen LogP) is 1.50. The minimum absolute atomic E-state index is 0.0747. The van der Waals surface area contributed by atoms with Crippen LogP contribution in [0.4, 0.5) is 4.39 Å². The van der Waals surface area contributed by atoms with Crippen LogP contribution in [0, 0.1) is 5.82 Å². The van der Waals surface area contributed by atoms with Gasteiger partial charge in [-0.05, 0) is 30.2 Å². The molecule has 0 radical (unpaired) electrons. The van der Waals surface area contributed by atoms with Gasteiger partial charge in [-0.1, -0.05) is 11.6 Å². The highest BCUT2D eigenvalue weighted by atomic mass is 35.5. The predicted molar refractivity (Wildman–Crippen MR) is 58.1 cm³/mol. The van der Waals surface area contributed by atoms with Crippen molar-refractivity contribution in [2.75, 3.05) is 13.7 Å². The van der Waals surface area contributed by atoms with Crippen molar-refractivity contribution in [3.8, 4) is 0 Å². The van der Waals surface area contributed by atoms with E-state index in [0.717, 1.165) is 5.56 Å². The van der Waals surface area contributed by atoms with Gasteiger partial charge in [0.25, 0.3) is 0 Å². The quantitative estimate of drug-likeness (QED) is 0.598. The molecule has 0 bridgehead atoms. The number of hydrogen-bond donors (Lipinski definition) is 2. The molecule has 1 aromatic rings. The van der Waals surface area contributed by atoms with Gasteiger partial charge >= 0.3 is 0 Å². The first-order chi connectivity index (χ1) is 7.17. The zero-order valence-electron chi connectivity index (χ0n) is 8.47. The summed E-state index contributed by atoms with van der Waals surface area (Å²) in [6, 6.07) is 4.19. The molecule has 0 heterocycles.